The Morgan fingerprint density at radius 2 is 2.15 bits per heavy atom. The molecule has 5 heteroatoms. The van der Waals surface area contributed by atoms with Crippen LogP contribution < -0.4 is 5.32 Å². The fourth-order valence-corrected chi connectivity index (χ4v) is 3.26. The van der Waals surface area contributed by atoms with Gasteiger partial charge in [-0.3, -0.25) is 0 Å². The van der Waals surface area contributed by atoms with Crippen molar-refractivity contribution >= 4 is 9.84 Å². The summed E-state index contributed by atoms with van der Waals surface area (Å²) >= 11 is 0. The second kappa shape index (κ2) is 4.39. The van der Waals surface area contributed by atoms with Gasteiger partial charge in [-0.2, -0.15) is 0 Å². The highest BCUT2D eigenvalue weighted by Crippen LogP contribution is 2.12. The van der Waals surface area contributed by atoms with Crippen molar-refractivity contribution in [3.05, 3.63) is 0 Å². The summed E-state index contributed by atoms with van der Waals surface area (Å²) in [7, 11) is -2.99. The molecule has 0 amide bonds. The molecule has 1 aliphatic rings. The molecule has 0 bridgehead atoms. The van der Waals surface area contributed by atoms with E-state index in [-0.39, 0.29) is 17.5 Å². The van der Waals surface area contributed by atoms with Crippen molar-refractivity contribution in [3.63, 3.8) is 0 Å². The molecule has 0 aromatic rings. The third-order valence-corrected chi connectivity index (χ3v) is 3.98. The Kier molecular flexibility index (Phi) is 3.70. The second-order valence-electron chi connectivity index (χ2n) is 3.56. The molecule has 0 spiro atoms. The number of aliphatic hydroxyl groups is 1. The van der Waals surface area contributed by atoms with Crippen molar-refractivity contribution in [1.82, 2.24) is 5.32 Å². The minimum atomic E-state index is -2.99. The zero-order valence-electron chi connectivity index (χ0n) is 7.86. The second-order valence-corrected chi connectivity index (χ2v) is 5.71. The van der Waals surface area contributed by atoms with Gasteiger partial charge in [-0.15, -0.1) is 0 Å². The third kappa shape index (κ3) is 3.25. The van der Waals surface area contributed by atoms with Gasteiger partial charge in [-0.1, -0.05) is 13.3 Å². The van der Waals surface area contributed by atoms with Crippen LogP contribution in [-0.4, -0.2) is 43.7 Å². The maximum Gasteiger partial charge on any atom is 0.154 e. The number of hydrogen-bond acceptors (Lipinski definition) is 4. The highest BCUT2D eigenvalue weighted by atomic mass is 32.2. The van der Waals surface area contributed by atoms with E-state index in [1.807, 2.05) is 0 Å². The molecule has 1 heterocycles. The van der Waals surface area contributed by atoms with Crippen LogP contribution in [0.1, 0.15) is 19.8 Å². The molecular formula is C8H17NO3S. The summed E-state index contributed by atoms with van der Waals surface area (Å²) in [6.45, 7) is 2.86. The summed E-state index contributed by atoms with van der Waals surface area (Å²) < 4.78 is 22.2. The van der Waals surface area contributed by atoms with E-state index in [0.717, 1.165) is 19.4 Å². The highest BCUT2D eigenvalue weighted by Gasteiger charge is 2.35. The number of nitrogens with one attached hydrogen (secondary N) is 1. The molecular weight excluding hydrogens is 190 g/mol. The smallest absolute Gasteiger partial charge is 0.154 e. The summed E-state index contributed by atoms with van der Waals surface area (Å²) in [5, 5.41) is 12.4. The quantitative estimate of drug-likeness (QED) is 0.612. The Labute approximate surface area is 79.3 Å². The van der Waals surface area contributed by atoms with E-state index in [4.69, 9.17) is 0 Å². The number of aliphatic hydroxyl groups excluding tert-OH is 1. The normalized spacial score (nSPS) is 32.2. The Hall–Kier alpha value is -0.130. The molecule has 1 aliphatic heterocycles. The number of hydrogen-bond donors (Lipinski definition) is 2. The van der Waals surface area contributed by atoms with Gasteiger partial charge in [0.2, 0.25) is 0 Å². The molecule has 2 atom stereocenters. The highest BCUT2D eigenvalue weighted by molar-refractivity contribution is 7.91. The first-order valence-corrected chi connectivity index (χ1v) is 6.49. The largest absolute Gasteiger partial charge is 0.390 e. The van der Waals surface area contributed by atoms with Crippen molar-refractivity contribution in [2.75, 3.05) is 18.1 Å². The first kappa shape index (κ1) is 10.9. The molecule has 2 unspecified atom stereocenters. The van der Waals surface area contributed by atoms with Crippen molar-refractivity contribution in [3.8, 4) is 0 Å². The molecule has 13 heavy (non-hydrogen) atoms. The molecule has 2 N–H and O–H groups in total. The maximum atomic E-state index is 11.1. The molecule has 0 aromatic carbocycles. The zero-order chi connectivity index (χ0) is 9.90. The number of unbranched alkanes of at least 4 members (excludes halogenated alkanes) is 1. The number of rotatable bonds is 4. The van der Waals surface area contributed by atoms with Gasteiger partial charge in [0, 0.05) is 6.04 Å². The van der Waals surface area contributed by atoms with Crippen LogP contribution in [0.3, 0.4) is 0 Å². The molecule has 0 saturated carbocycles. The average Bonchev–Trinajstić information content (AvgIpc) is 2.25. The van der Waals surface area contributed by atoms with E-state index < -0.39 is 15.9 Å². The van der Waals surface area contributed by atoms with Gasteiger partial charge in [0.05, 0.1) is 17.6 Å². The van der Waals surface area contributed by atoms with E-state index in [2.05, 4.69) is 12.2 Å². The Balaban J connectivity index is 2.36. The van der Waals surface area contributed by atoms with Crippen molar-refractivity contribution in [1.29, 1.82) is 0 Å². The first-order chi connectivity index (χ1) is 6.05. The fourth-order valence-electron chi connectivity index (χ4n) is 1.49. The Morgan fingerprint density at radius 3 is 2.62 bits per heavy atom. The lowest BCUT2D eigenvalue weighted by molar-refractivity contribution is 0.166. The van der Waals surface area contributed by atoms with Gasteiger partial charge in [0.25, 0.3) is 0 Å². The molecule has 1 fully saturated rings. The van der Waals surface area contributed by atoms with Crippen molar-refractivity contribution < 1.29 is 13.5 Å². The molecule has 78 valence electrons. The summed E-state index contributed by atoms with van der Waals surface area (Å²) in [6, 6.07) is -0.253. The standard InChI is InChI=1S/C8H17NO3S/c1-2-3-4-9-7-5-13(11,12)6-8(7)10/h7-10H,2-6H2,1H3. The van der Waals surface area contributed by atoms with Crippen LogP contribution in [0.5, 0.6) is 0 Å². The number of sulfone groups is 1. The van der Waals surface area contributed by atoms with Crippen molar-refractivity contribution in [2.45, 2.75) is 31.9 Å². The molecule has 0 aliphatic carbocycles. The van der Waals surface area contributed by atoms with Gasteiger partial charge in [0.15, 0.2) is 9.84 Å². The predicted molar refractivity (Wildman–Crippen MR) is 51.4 cm³/mol. The van der Waals surface area contributed by atoms with E-state index in [9.17, 15) is 13.5 Å². The monoisotopic (exact) mass is 207 g/mol. The lowest BCUT2D eigenvalue weighted by Crippen LogP contribution is -2.39. The fraction of sp³-hybridized carbons (Fsp3) is 1.00. The SMILES string of the molecule is CCCCNC1CS(=O)(=O)CC1O. The van der Waals surface area contributed by atoms with Gasteiger partial charge in [-0.05, 0) is 13.0 Å². The maximum absolute atomic E-state index is 11.1. The zero-order valence-corrected chi connectivity index (χ0v) is 8.68. The lowest BCUT2D eigenvalue weighted by Gasteiger charge is -2.13. The van der Waals surface area contributed by atoms with Crippen LogP contribution in [0, 0.1) is 0 Å². The molecule has 1 saturated heterocycles. The summed E-state index contributed by atoms with van der Waals surface area (Å²) in [6.07, 6.45) is 1.37. The lowest BCUT2D eigenvalue weighted by atomic mass is 10.2. The summed E-state index contributed by atoms with van der Waals surface area (Å²) in [5.41, 5.74) is 0. The van der Waals surface area contributed by atoms with Crippen LogP contribution in [0.15, 0.2) is 0 Å². The topological polar surface area (TPSA) is 66.4 Å². The van der Waals surface area contributed by atoms with Gasteiger partial charge < -0.3 is 10.4 Å². The van der Waals surface area contributed by atoms with Crippen LogP contribution >= 0.6 is 0 Å². The van der Waals surface area contributed by atoms with E-state index >= 15 is 0 Å². The Bertz CT molecular complexity index is 250. The minimum Gasteiger partial charge on any atom is -0.390 e. The van der Waals surface area contributed by atoms with E-state index in [1.165, 1.54) is 0 Å². The minimum absolute atomic E-state index is 0.0812. The average molecular weight is 207 g/mol. The summed E-state index contributed by atoms with van der Waals surface area (Å²) in [5.74, 6) is -0.00529. The molecule has 0 aromatic heterocycles. The van der Waals surface area contributed by atoms with Gasteiger partial charge >= 0.3 is 0 Å². The van der Waals surface area contributed by atoms with E-state index in [0.29, 0.717) is 0 Å². The summed E-state index contributed by atoms with van der Waals surface area (Å²) in [4.78, 5) is 0. The van der Waals surface area contributed by atoms with Crippen LogP contribution in [-0.2, 0) is 9.84 Å². The molecule has 1 rings (SSSR count). The molecule has 4 nitrogen and oxygen atoms in total. The van der Waals surface area contributed by atoms with Gasteiger partial charge in [0.1, 0.15) is 0 Å². The van der Waals surface area contributed by atoms with E-state index in [1.54, 1.807) is 0 Å². The Morgan fingerprint density at radius 1 is 1.46 bits per heavy atom. The molecule has 0 radical (unpaired) electrons. The van der Waals surface area contributed by atoms with Gasteiger partial charge in [-0.25, -0.2) is 8.42 Å². The third-order valence-electron chi connectivity index (χ3n) is 2.26. The van der Waals surface area contributed by atoms with Crippen LogP contribution in [0.2, 0.25) is 0 Å². The van der Waals surface area contributed by atoms with Crippen molar-refractivity contribution in [2.24, 2.45) is 0 Å². The van der Waals surface area contributed by atoms with Crippen LogP contribution in [0.25, 0.3) is 0 Å². The first-order valence-electron chi connectivity index (χ1n) is 4.67. The predicted octanol–water partition coefficient (Wildman–Crippen LogP) is -0.466. The van der Waals surface area contributed by atoms with Crippen LogP contribution in [0.4, 0.5) is 0 Å².